The Morgan fingerprint density at radius 3 is 2.69 bits per heavy atom. The summed E-state index contributed by atoms with van der Waals surface area (Å²) in [6, 6.07) is 7.79. The van der Waals surface area contributed by atoms with Gasteiger partial charge in [-0.2, -0.15) is 0 Å². The number of benzene rings is 1. The van der Waals surface area contributed by atoms with E-state index >= 15 is 0 Å². The van der Waals surface area contributed by atoms with Gasteiger partial charge in [0.25, 0.3) is 5.91 Å². The summed E-state index contributed by atoms with van der Waals surface area (Å²) in [5, 5.41) is 3.75. The van der Waals surface area contributed by atoms with Crippen molar-refractivity contribution in [1.29, 1.82) is 0 Å². The quantitative estimate of drug-likeness (QED) is 0.459. The van der Waals surface area contributed by atoms with E-state index in [4.69, 9.17) is 4.98 Å². The maximum absolute atomic E-state index is 12.4. The molecule has 1 aromatic heterocycles. The smallest absolute Gasteiger partial charge is 0.251 e. The normalized spacial score (nSPS) is 11.0. The fourth-order valence-corrected chi connectivity index (χ4v) is 3.77. The van der Waals surface area contributed by atoms with E-state index in [1.807, 2.05) is 31.2 Å². The van der Waals surface area contributed by atoms with Crippen LogP contribution in [0.3, 0.4) is 0 Å². The van der Waals surface area contributed by atoms with Crippen LogP contribution in [0.5, 0.6) is 0 Å². The number of rotatable bonds is 10. The Morgan fingerprint density at radius 1 is 1.24 bits per heavy atom. The number of aromatic nitrogens is 2. The minimum absolute atomic E-state index is 0.0241. The highest BCUT2D eigenvalue weighted by Gasteiger charge is 2.13. The lowest BCUT2D eigenvalue weighted by Crippen LogP contribution is -3.06. The summed E-state index contributed by atoms with van der Waals surface area (Å²) in [5.74, 6) is 1.70. The average Bonchev–Trinajstić information content (AvgIpc) is 2.68. The van der Waals surface area contributed by atoms with Gasteiger partial charge in [-0.3, -0.25) is 4.79 Å². The van der Waals surface area contributed by atoms with Gasteiger partial charge in [0.1, 0.15) is 5.82 Å². The zero-order valence-corrected chi connectivity index (χ0v) is 19.3. The Labute approximate surface area is 179 Å². The van der Waals surface area contributed by atoms with Gasteiger partial charge in [0.15, 0.2) is 5.16 Å². The van der Waals surface area contributed by atoms with Crippen LogP contribution in [0.4, 0.5) is 5.82 Å². The standard InChI is InChI=1S/C22H33N5OS/c1-7-12-27(6)20-16(2)17(3)24-22(25-20)29-15-18-9-8-10-19(14-18)21(28)23-11-13-26(4)5/h8-10,14H,7,11-13,15H2,1-6H3,(H,23,28)/p+1. The highest BCUT2D eigenvalue weighted by atomic mass is 32.2. The van der Waals surface area contributed by atoms with Crippen molar-refractivity contribution < 1.29 is 9.69 Å². The number of quaternary nitrogens is 1. The molecule has 2 N–H and O–H groups in total. The van der Waals surface area contributed by atoms with Crippen molar-refractivity contribution >= 4 is 23.5 Å². The van der Waals surface area contributed by atoms with Gasteiger partial charge >= 0.3 is 0 Å². The summed E-state index contributed by atoms with van der Waals surface area (Å²) in [4.78, 5) is 25.3. The molecule has 2 aromatic rings. The van der Waals surface area contributed by atoms with Crippen LogP contribution in [-0.4, -0.2) is 56.7 Å². The molecule has 7 heteroatoms. The van der Waals surface area contributed by atoms with Crippen molar-refractivity contribution in [2.45, 2.75) is 38.1 Å². The Balaban J connectivity index is 2.05. The van der Waals surface area contributed by atoms with Crippen LogP contribution in [0.25, 0.3) is 0 Å². The minimum Gasteiger partial charge on any atom is -0.359 e. The summed E-state index contributed by atoms with van der Waals surface area (Å²) < 4.78 is 0. The monoisotopic (exact) mass is 416 g/mol. The Bertz CT molecular complexity index is 825. The van der Waals surface area contributed by atoms with Crippen molar-refractivity contribution in [1.82, 2.24) is 15.3 Å². The zero-order chi connectivity index (χ0) is 21.4. The maximum Gasteiger partial charge on any atom is 0.251 e. The molecule has 0 fully saturated rings. The lowest BCUT2D eigenvalue weighted by molar-refractivity contribution is -0.856. The van der Waals surface area contributed by atoms with Crippen LogP contribution < -0.4 is 15.1 Å². The topological polar surface area (TPSA) is 62.6 Å². The lowest BCUT2D eigenvalue weighted by Gasteiger charge is -2.20. The van der Waals surface area contributed by atoms with E-state index in [9.17, 15) is 4.79 Å². The molecule has 6 nitrogen and oxygen atoms in total. The predicted molar refractivity (Wildman–Crippen MR) is 121 cm³/mol. The number of hydrogen-bond acceptors (Lipinski definition) is 5. The van der Waals surface area contributed by atoms with Gasteiger partial charge in [-0.15, -0.1) is 0 Å². The molecule has 0 aliphatic carbocycles. The molecule has 2 rings (SSSR count). The molecular weight excluding hydrogens is 382 g/mol. The van der Waals surface area contributed by atoms with Gasteiger partial charge in [-0.05, 0) is 38.0 Å². The summed E-state index contributed by atoms with van der Waals surface area (Å²) in [5.41, 5.74) is 3.92. The van der Waals surface area contributed by atoms with Gasteiger partial charge in [-0.25, -0.2) is 9.97 Å². The molecule has 0 unspecified atom stereocenters. The van der Waals surface area contributed by atoms with Gasteiger partial charge < -0.3 is 15.1 Å². The molecule has 0 radical (unpaired) electrons. The number of likely N-dealkylation sites (N-methyl/N-ethyl adjacent to an activating group) is 1. The van der Waals surface area contributed by atoms with E-state index in [1.165, 1.54) is 4.90 Å². The number of aryl methyl sites for hydroxylation is 1. The highest BCUT2D eigenvalue weighted by molar-refractivity contribution is 7.98. The molecule has 1 aromatic carbocycles. The van der Waals surface area contributed by atoms with Crippen LogP contribution in [-0.2, 0) is 5.75 Å². The molecule has 0 saturated heterocycles. The SMILES string of the molecule is CCCN(C)c1nc(SCc2cccc(C(=O)NCC[NH+](C)C)c2)nc(C)c1C. The minimum atomic E-state index is -0.0241. The lowest BCUT2D eigenvalue weighted by atomic mass is 10.1. The predicted octanol–water partition coefficient (Wildman–Crippen LogP) is 2.11. The number of nitrogens with zero attached hydrogens (tertiary/aromatic N) is 3. The number of carbonyl (C=O) groups excluding carboxylic acids is 1. The molecule has 0 spiro atoms. The number of amides is 1. The summed E-state index contributed by atoms with van der Waals surface area (Å²) in [6.07, 6.45) is 1.08. The molecule has 0 aliphatic heterocycles. The average molecular weight is 417 g/mol. The zero-order valence-electron chi connectivity index (χ0n) is 18.5. The summed E-state index contributed by atoms with van der Waals surface area (Å²) in [7, 11) is 6.22. The third-order valence-electron chi connectivity index (χ3n) is 4.73. The Hall–Kier alpha value is -2.12. The van der Waals surface area contributed by atoms with Gasteiger partial charge in [0.2, 0.25) is 0 Å². The number of thioether (sulfide) groups is 1. The first-order valence-electron chi connectivity index (χ1n) is 10.2. The van der Waals surface area contributed by atoms with E-state index in [-0.39, 0.29) is 5.91 Å². The van der Waals surface area contributed by atoms with Crippen LogP contribution >= 0.6 is 11.8 Å². The van der Waals surface area contributed by atoms with Crippen LogP contribution in [0.15, 0.2) is 29.4 Å². The van der Waals surface area contributed by atoms with E-state index < -0.39 is 0 Å². The third kappa shape index (κ3) is 7.01. The third-order valence-corrected chi connectivity index (χ3v) is 5.65. The first-order valence-corrected chi connectivity index (χ1v) is 11.2. The van der Waals surface area contributed by atoms with Crippen molar-refractivity contribution in [3.63, 3.8) is 0 Å². The van der Waals surface area contributed by atoms with Crippen molar-refractivity contribution in [2.24, 2.45) is 0 Å². The molecule has 158 valence electrons. The van der Waals surface area contributed by atoms with Crippen LogP contribution in [0.2, 0.25) is 0 Å². The molecule has 0 bridgehead atoms. The fraction of sp³-hybridized carbons (Fsp3) is 0.500. The van der Waals surface area contributed by atoms with Crippen molar-refractivity contribution in [3.05, 3.63) is 46.6 Å². The molecular formula is C22H34N5OS+. The summed E-state index contributed by atoms with van der Waals surface area (Å²) in [6.45, 7) is 8.81. The molecule has 1 amide bonds. The second kappa shape index (κ2) is 11.2. The molecule has 1 heterocycles. The molecule has 0 aliphatic rings. The number of carbonyl (C=O) groups is 1. The second-order valence-electron chi connectivity index (χ2n) is 7.66. The second-order valence-corrected chi connectivity index (χ2v) is 8.61. The van der Waals surface area contributed by atoms with Crippen molar-refractivity contribution in [2.75, 3.05) is 45.7 Å². The van der Waals surface area contributed by atoms with E-state index in [1.54, 1.807) is 11.8 Å². The fourth-order valence-electron chi connectivity index (χ4n) is 2.94. The summed E-state index contributed by atoms with van der Waals surface area (Å²) >= 11 is 1.60. The maximum atomic E-state index is 12.4. The number of anilines is 1. The van der Waals surface area contributed by atoms with Crippen molar-refractivity contribution in [3.8, 4) is 0 Å². The molecule has 0 saturated carbocycles. The van der Waals surface area contributed by atoms with Crippen LogP contribution in [0.1, 0.15) is 40.5 Å². The van der Waals surface area contributed by atoms with Gasteiger partial charge in [0.05, 0.1) is 27.2 Å². The first-order chi connectivity index (χ1) is 13.8. The van der Waals surface area contributed by atoms with Gasteiger partial charge in [0, 0.05) is 36.2 Å². The highest BCUT2D eigenvalue weighted by Crippen LogP contribution is 2.26. The van der Waals surface area contributed by atoms with Crippen LogP contribution in [0, 0.1) is 13.8 Å². The number of hydrogen-bond donors (Lipinski definition) is 2. The Kier molecular flexibility index (Phi) is 8.92. The number of nitrogens with one attached hydrogen (secondary N) is 2. The van der Waals surface area contributed by atoms with E-state index in [0.717, 1.165) is 53.1 Å². The first kappa shape index (κ1) is 23.2. The van der Waals surface area contributed by atoms with E-state index in [2.05, 4.69) is 50.2 Å². The van der Waals surface area contributed by atoms with E-state index in [0.29, 0.717) is 12.1 Å². The molecule has 0 atom stereocenters. The Morgan fingerprint density at radius 2 is 2.00 bits per heavy atom. The largest absolute Gasteiger partial charge is 0.359 e. The van der Waals surface area contributed by atoms with Gasteiger partial charge in [-0.1, -0.05) is 30.8 Å². The molecule has 29 heavy (non-hydrogen) atoms.